The van der Waals surface area contributed by atoms with Crippen LogP contribution in [0.4, 0.5) is 0 Å². The van der Waals surface area contributed by atoms with Gasteiger partial charge in [-0.05, 0) is 85.5 Å². The van der Waals surface area contributed by atoms with Crippen LogP contribution in [0.3, 0.4) is 0 Å². The van der Waals surface area contributed by atoms with E-state index in [1.54, 1.807) is 61.4 Å². The molecule has 178 valence electrons. The number of methoxy groups -OCH3 is 2. The van der Waals surface area contributed by atoms with E-state index in [1.165, 1.54) is 11.6 Å². The molecule has 0 spiro atoms. The Labute approximate surface area is 204 Å². The molecule has 0 aliphatic heterocycles. The lowest BCUT2D eigenvalue weighted by atomic mass is 9.99. The predicted molar refractivity (Wildman–Crippen MR) is 139 cm³/mol. The van der Waals surface area contributed by atoms with Gasteiger partial charge in [0.25, 0.3) is 0 Å². The van der Waals surface area contributed by atoms with E-state index in [0.717, 1.165) is 27.9 Å². The van der Waals surface area contributed by atoms with Gasteiger partial charge in [0.2, 0.25) is 0 Å². The molecule has 0 saturated carbocycles. The molecule has 1 N–H and O–H groups in total. The molecule has 1 heterocycles. The molecule has 3 aromatic carbocycles. The fraction of sp³-hybridized carbons (Fsp3) is 0.172. The first kappa shape index (κ1) is 23.8. The first-order valence-electron chi connectivity index (χ1n) is 11.3. The minimum atomic E-state index is -0.263. The number of nitrogens with zero attached hydrogens (tertiary/aromatic N) is 1. The molecule has 0 fully saturated rings. The smallest absolute Gasteiger partial charge is 0.330 e. The molecule has 0 radical (unpaired) electrons. The second-order valence-electron chi connectivity index (χ2n) is 8.41. The van der Waals surface area contributed by atoms with Crippen LogP contribution in [0.1, 0.15) is 32.6 Å². The number of nitrogens with one attached hydrogen (secondary N) is 1. The number of carbonyl (C=O) groups excluding carboxylic acids is 1. The van der Waals surface area contributed by atoms with Gasteiger partial charge in [-0.15, -0.1) is 0 Å². The molecule has 0 atom stereocenters. The van der Waals surface area contributed by atoms with Crippen molar-refractivity contribution >= 4 is 11.9 Å². The predicted octanol–water partition coefficient (Wildman–Crippen LogP) is 5.67. The van der Waals surface area contributed by atoms with Gasteiger partial charge in [0.15, 0.2) is 17.3 Å². The summed E-state index contributed by atoms with van der Waals surface area (Å²) in [5, 5.41) is 0. The normalized spacial score (nSPS) is 11.1. The zero-order chi connectivity index (χ0) is 25.1. The monoisotopic (exact) mass is 468 g/mol. The molecule has 0 amide bonds. The molecule has 0 aliphatic rings. The highest BCUT2D eigenvalue weighted by molar-refractivity contribution is 6.07. The van der Waals surface area contributed by atoms with Crippen molar-refractivity contribution < 1.29 is 14.3 Å². The number of hydrogen-bond acceptors (Lipinski definition) is 4. The van der Waals surface area contributed by atoms with Gasteiger partial charge in [0.1, 0.15) is 0 Å². The lowest BCUT2D eigenvalue weighted by Gasteiger charge is -2.12. The maximum absolute atomic E-state index is 12.9. The number of H-pyrrole nitrogens is 1. The summed E-state index contributed by atoms with van der Waals surface area (Å²) < 4.78 is 12.2. The van der Waals surface area contributed by atoms with Crippen LogP contribution in [-0.2, 0) is 0 Å². The highest BCUT2D eigenvalue weighted by Crippen LogP contribution is 2.28. The van der Waals surface area contributed by atoms with Gasteiger partial charge in [-0.3, -0.25) is 9.36 Å². The van der Waals surface area contributed by atoms with Crippen molar-refractivity contribution in [1.82, 2.24) is 9.55 Å². The van der Waals surface area contributed by atoms with Gasteiger partial charge in [-0.1, -0.05) is 24.3 Å². The van der Waals surface area contributed by atoms with E-state index in [2.05, 4.69) is 37.9 Å². The van der Waals surface area contributed by atoms with Crippen LogP contribution < -0.4 is 15.2 Å². The van der Waals surface area contributed by atoms with Crippen LogP contribution >= 0.6 is 0 Å². The number of aryl methyl sites for hydroxylation is 2. The summed E-state index contributed by atoms with van der Waals surface area (Å²) in [5.74, 6) is 1.04. The Balaban J connectivity index is 1.67. The Morgan fingerprint density at radius 3 is 2.31 bits per heavy atom. The van der Waals surface area contributed by atoms with E-state index < -0.39 is 0 Å². The molecule has 0 unspecified atom stereocenters. The topological polar surface area (TPSA) is 73.3 Å². The molecule has 35 heavy (non-hydrogen) atoms. The Morgan fingerprint density at radius 2 is 1.63 bits per heavy atom. The van der Waals surface area contributed by atoms with Crippen molar-refractivity contribution in [3.63, 3.8) is 0 Å². The van der Waals surface area contributed by atoms with Crippen molar-refractivity contribution in [2.75, 3.05) is 14.2 Å². The van der Waals surface area contributed by atoms with Gasteiger partial charge in [0, 0.05) is 17.3 Å². The maximum Gasteiger partial charge on any atom is 0.330 e. The fourth-order valence-electron chi connectivity index (χ4n) is 4.04. The fourth-order valence-corrected chi connectivity index (χ4v) is 4.04. The van der Waals surface area contributed by atoms with E-state index in [-0.39, 0.29) is 11.5 Å². The van der Waals surface area contributed by atoms with E-state index in [1.807, 2.05) is 12.1 Å². The number of allylic oxidation sites excluding steroid dienone is 1. The number of ketones is 1. The quantitative estimate of drug-likeness (QED) is 0.280. The van der Waals surface area contributed by atoms with Crippen molar-refractivity contribution in [1.29, 1.82) is 0 Å². The van der Waals surface area contributed by atoms with Gasteiger partial charge >= 0.3 is 5.69 Å². The van der Waals surface area contributed by atoms with Crippen molar-refractivity contribution in [3.05, 3.63) is 105 Å². The zero-order valence-corrected chi connectivity index (χ0v) is 20.5. The molecule has 4 rings (SSSR count). The summed E-state index contributed by atoms with van der Waals surface area (Å²) >= 11 is 0. The number of carbonyl (C=O) groups is 1. The number of aromatic amines is 1. The molecular weight excluding hydrogens is 440 g/mol. The van der Waals surface area contributed by atoms with Crippen molar-refractivity contribution in [2.24, 2.45) is 0 Å². The van der Waals surface area contributed by atoms with Gasteiger partial charge in [0.05, 0.1) is 25.6 Å². The number of imidazole rings is 1. The van der Waals surface area contributed by atoms with Crippen molar-refractivity contribution in [3.8, 4) is 28.4 Å². The molecule has 0 aliphatic carbocycles. The van der Waals surface area contributed by atoms with Gasteiger partial charge in [-0.25, -0.2) is 4.79 Å². The van der Waals surface area contributed by atoms with Crippen molar-refractivity contribution in [2.45, 2.75) is 20.8 Å². The number of rotatable bonds is 7. The second kappa shape index (κ2) is 9.89. The number of aromatic nitrogens is 2. The molecule has 4 aromatic rings. The second-order valence-corrected chi connectivity index (χ2v) is 8.41. The third kappa shape index (κ3) is 4.82. The van der Waals surface area contributed by atoms with E-state index >= 15 is 0 Å². The Hall–Kier alpha value is -4.32. The van der Waals surface area contributed by atoms with Crippen LogP contribution in [0.5, 0.6) is 11.5 Å². The molecule has 6 nitrogen and oxygen atoms in total. The Bertz CT molecular complexity index is 1470. The molecular formula is C29H28N2O4. The standard InChI is InChI=1S/C29H28N2O4/c1-18-13-23(14-19(2)20(18)3)25-17-30-29(33)31(25)24-8-6-7-22(16-24)26(32)11-9-21-10-12-27(34-4)28(15-21)35-5/h6-17H,1-5H3,(H,30,33). The molecule has 6 heteroatoms. The summed E-state index contributed by atoms with van der Waals surface area (Å²) in [6.45, 7) is 6.21. The Kier molecular flexibility index (Phi) is 6.73. The minimum Gasteiger partial charge on any atom is -0.493 e. The Morgan fingerprint density at radius 1 is 0.914 bits per heavy atom. The van der Waals surface area contributed by atoms with Crippen LogP contribution in [0.2, 0.25) is 0 Å². The average Bonchev–Trinajstić information content (AvgIpc) is 3.26. The lowest BCUT2D eigenvalue weighted by molar-refractivity contribution is 0.104. The zero-order valence-electron chi connectivity index (χ0n) is 20.5. The third-order valence-electron chi connectivity index (χ3n) is 6.22. The van der Waals surface area contributed by atoms with E-state index in [9.17, 15) is 9.59 Å². The number of hydrogen-bond donors (Lipinski definition) is 1. The highest BCUT2D eigenvalue weighted by atomic mass is 16.5. The van der Waals surface area contributed by atoms with Gasteiger partial charge in [-0.2, -0.15) is 0 Å². The summed E-state index contributed by atoms with van der Waals surface area (Å²) in [4.78, 5) is 28.5. The largest absolute Gasteiger partial charge is 0.493 e. The maximum atomic E-state index is 12.9. The summed E-state index contributed by atoms with van der Waals surface area (Å²) in [7, 11) is 3.14. The van der Waals surface area contributed by atoms with Gasteiger partial charge < -0.3 is 14.5 Å². The lowest BCUT2D eigenvalue weighted by Crippen LogP contribution is -2.16. The van der Waals surface area contributed by atoms with E-state index in [4.69, 9.17) is 9.47 Å². The minimum absolute atomic E-state index is 0.172. The van der Waals surface area contributed by atoms with Crippen LogP contribution in [-0.4, -0.2) is 29.6 Å². The van der Waals surface area contributed by atoms with Crippen LogP contribution in [0.25, 0.3) is 23.0 Å². The summed E-state index contributed by atoms with van der Waals surface area (Å²) in [6, 6.07) is 16.6. The number of ether oxygens (including phenoxy) is 2. The summed E-state index contributed by atoms with van der Waals surface area (Å²) in [5.41, 5.74) is 6.87. The molecule has 0 saturated heterocycles. The SMILES string of the molecule is COc1ccc(C=CC(=O)c2cccc(-n3c(-c4cc(C)c(C)c(C)c4)c[nH]c3=O)c2)cc1OC. The average molecular weight is 469 g/mol. The number of benzene rings is 3. The molecule has 1 aromatic heterocycles. The van der Waals surface area contributed by atoms with Crippen LogP contribution in [0.15, 0.2) is 71.7 Å². The van der Waals surface area contributed by atoms with Crippen LogP contribution in [0, 0.1) is 20.8 Å². The first-order valence-corrected chi connectivity index (χ1v) is 11.3. The highest BCUT2D eigenvalue weighted by Gasteiger charge is 2.14. The molecule has 0 bridgehead atoms. The third-order valence-corrected chi connectivity index (χ3v) is 6.22. The first-order chi connectivity index (χ1) is 16.8. The van der Waals surface area contributed by atoms with E-state index in [0.29, 0.717) is 22.7 Å². The summed E-state index contributed by atoms with van der Waals surface area (Å²) in [6.07, 6.45) is 4.94.